The summed E-state index contributed by atoms with van der Waals surface area (Å²) in [5.41, 5.74) is 5.41. The predicted molar refractivity (Wildman–Crippen MR) is 151 cm³/mol. The van der Waals surface area contributed by atoms with Crippen molar-refractivity contribution in [2.75, 3.05) is 44.5 Å². The average Bonchev–Trinajstić information content (AvgIpc) is 3.49. The van der Waals surface area contributed by atoms with Crippen molar-refractivity contribution >= 4 is 51.7 Å². The largest absolute Gasteiger partial charge is 0.362 e. The minimum absolute atomic E-state index is 0.112. The molecule has 0 bridgehead atoms. The van der Waals surface area contributed by atoms with Gasteiger partial charge in [-0.25, -0.2) is 0 Å². The number of carbonyl (C=O) groups excluding carboxylic acids is 1. The fourth-order valence-electron chi connectivity index (χ4n) is 4.00. The SMILES string of the molecule is COC(C)N(CCN(C)C)c1ccc(C=Cc2n[nH]c3ccccc23)c(NC(=O)c2sccc2C)c1. The van der Waals surface area contributed by atoms with E-state index in [1.807, 2.05) is 73.8 Å². The Labute approximate surface area is 216 Å². The summed E-state index contributed by atoms with van der Waals surface area (Å²) in [7, 11) is 5.81. The molecule has 0 saturated heterocycles. The van der Waals surface area contributed by atoms with Crippen LogP contribution in [0.15, 0.2) is 53.9 Å². The highest BCUT2D eigenvalue weighted by Crippen LogP contribution is 2.29. The molecule has 2 N–H and O–H groups in total. The molecule has 0 aliphatic carbocycles. The van der Waals surface area contributed by atoms with Gasteiger partial charge in [0, 0.05) is 31.3 Å². The molecule has 4 rings (SSSR count). The van der Waals surface area contributed by atoms with E-state index < -0.39 is 0 Å². The summed E-state index contributed by atoms with van der Waals surface area (Å²) < 4.78 is 5.66. The van der Waals surface area contributed by atoms with E-state index in [2.05, 4.69) is 45.5 Å². The molecular weight excluding hydrogens is 470 g/mol. The lowest BCUT2D eigenvalue weighted by Crippen LogP contribution is -2.39. The van der Waals surface area contributed by atoms with Crippen molar-refractivity contribution in [3.05, 3.63) is 75.6 Å². The molecule has 1 atom stereocenters. The molecule has 0 spiro atoms. The molecule has 0 radical (unpaired) electrons. The van der Waals surface area contributed by atoms with Crippen LogP contribution in [0.1, 0.15) is 33.4 Å². The van der Waals surface area contributed by atoms with Crippen LogP contribution in [0.25, 0.3) is 23.1 Å². The number of fused-ring (bicyclic) bond motifs is 1. The number of ether oxygens (including phenoxy) is 1. The number of aryl methyl sites for hydroxylation is 1. The molecule has 0 fully saturated rings. The Morgan fingerprint density at radius 3 is 2.69 bits per heavy atom. The highest BCUT2D eigenvalue weighted by molar-refractivity contribution is 7.12. The first kappa shape index (κ1) is 25.6. The first-order chi connectivity index (χ1) is 17.4. The van der Waals surface area contributed by atoms with Crippen molar-refractivity contribution in [1.82, 2.24) is 15.1 Å². The molecule has 0 aliphatic rings. The second-order valence-electron chi connectivity index (χ2n) is 8.98. The number of hydrogen-bond acceptors (Lipinski definition) is 6. The van der Waals surface area contributed by atoms with Crippen LogP contribution >= 0.6 is 11.3 Å². The van der Waals surface area contributed by atoms with E-state index >= 15 is 0 Å². The maximum atomic E-state index is 13.2. The third-order valence-corrected chi connectivity index (χ3v) is 7.19. The number of methoxy groups -OCH3 is 1. The van der Waals surface area contributed by atoms with Crippen LogP contribution in [0.3, 0.4) is 0 Å². The summed E-state index contributed by atoms with van der Waals surface area (Å²) in [6.07, 6.45) is 3.85. The number of rotatable bonds is 10. The Hall–Kier alpha value is -3.46. The number of hydrogen-bond donors (Lipinski definition) is 2. The molecule has 7 nitrogen and oxygen atoms in total. The standard InChI is InChI=1S/C28H33N5O2S/c1-19-14-17-36-27(19)28(34)29-26-18-22(33(20(2)35-5)16-15-32(3)4)12-10-21(26)11-13-25-23-8-6-7-9-24(23)30-31-25/h6-14,17-18,20H,15-16H2,1-5H3,(H,29,34)(H,30,31). The number of nitrogens with one attached hydrogen (secondary N) is 2. The molecule has 2 aromatic heterocycles. The second-order valence-corrected chi connectivity index (χ2v) is 9.89. The van der Waals surface area contributed by atoms with Gasteiger partial charge in [0.2, 0.25) is 0 Å². The first-order valence-electron chi connectivity index (χ1n) is 11.9. The zero-order chi connectivity index (χ0) is 25.7. The molecule has 0 aliphatic heterocycles. The van der Waals surface area contributed by atoms with E-state index in [0.29, 0.717) is 4.88 Å². The first-order valence-corrected chi connectivity index (χ1v) is 12.8. The number of amides is 1. The van der Waals surface area contributed by atoms with E-state index in [4.69, 9.17) is 4.74 Å². The molecule has 2 heterocycles. The summed E-state index contributed by atoms with van der Waals surface area (Å²) in [5, 5.41) is 13.7. The van der Waals surface area contributed by atoms with E-state index in [1.54, 1.807) is 7.11 Å². The van der Waals surface area contributed by atoms with Gasteiger partial charge in [-0.1, -0.05) is 30.3 Å². The van der Waals surface area contributed by atoms with E-state index in [1.165, 1.54) is 11.3 Å². The van der Waals surface area contributed by atoms with E-state index in [9.17, 15) is 4.79 Å². The van der Waals surface area contributed by atoms with Gasteiger partial charge in [0.1, 0.15) is 6.23 Å². The monoisotopic (exact) mass is 503 g/mol. The van der Waals surface area contributed by atoms with Crippen LogP contribution in [-0.2, 0) is 4.74 Å². The van der Waals surface area contributed by atoms with Crippen LogP contribution in [0.4, 0.5) is 11.4 Å². The number of anilines is 2. The number of aromatic nitrogens is 2. The molecule has 36 heavy (non-hydrogen) atoms. The van der Waals surface area contributed by atoms with Crippen LogP contribution in [0.2, 0.25) is 0 Å². The van der Waals surface area contributed by atoms with Gasteiger partial charge in [-0.15, -0.1) is 11.3 Å². The predicted octanol–water partition coefficient (Wildman–Crippen LogP) is 5.72. The summed E-state index contributed by atoms with van der Waals surface area (Å²) >= 11 is 1.45. The molecule has 1 amide bonds. The number of aromatic amines is 1. The Bertz CT molecular complexity index is 1360. The topological polar surface area (TPSA) is 73.5 Å². The van der Waals surface area contributed by atoms with Crippen LogP contribution in [-0.4, -0.2) is 61.5 Å². The summed E-state index contributed by atoms with van der Waals surface area (Å²) in [5.74, 6) is -0.112. The zero-order valence-corrected chi connectivity index (χ0v) is 22.2. The lowest BCUT2D eigenvalue weighted by molar-refractivity contribution is 0.103. The van der Waals surface area contributed by atoms with Crippen molar-refractivity contribution < 1.29 is 9.53 Å². The highest BCUT2D eigenvalue weighted by atomic mass is 32.1. The van der Waals surface area contributed by atoms with Gasteiger partial charge in [0.25, 0.3) is 5.91 Å². The molecule has 188 valence electrons. The highest BCUT2D eigenvalue weighted by Gasteiger charge is 2.18. The number of thiophene rings is 1. The smallest absolute Gasteiger partial charge is 0.266 e. The van der Waals surface area contributed by atoms with Crippen molar-refractivity contribution in [3.63, 3.8) is 0 Å². The van der Waals surface area contributed by atoms with Crippen LogP contribution < -0.4 is 10.2 Å². The van der Waals surface area contributed by atoms with Gasteiger partial charge < -0.3 is 19.9 Å². The molecule has 2 aromatic carbocycles. The fraction of sp³-hybridized carbons (Fsp3) is 0.286. The third-order valence-electron chi connectivity index (χ3n) is 6.17. The Balaban J connectivity index is 1.71. The second kappa shape index (κ2) is 11.5. The average molecular weight is 504 g/mol. The van der Waals surface area contributed by atoms with Gasteiger partial charge in [-0.2, -0.15) is 5.10 Å². The number of carbonyl (C=O) groups is 1. The summed E-state index contributed by atoms with van der Waals surface area (Å²) in [6, 6.07) is 16.1. The maximum Gasteiger partial charge on any atom is 0.266 e. The Morgan fingerprint density at radius 1 is 1.17 bits per heavy atom. The zero-order valence-electron chi connectivity index (χ0n) is 21.4. The minimum atomic E-state index is -0.121. The normalized spacial score (nSPS) is 12.5. The van der Waals surface area contributed by atoms with E-state index in [-0.39, 0.29) is 12.1 Å². The summed E-state index contributed by atoms with van der Waals surface area (Å²) in [6.45, 7) is 5.64. The van der Waals surface area contributed by atoms with Crippen LogP contribution in [0.5, 0.6) is 0 Å². The van der Waals surface area contributed by atoms with Gasteiger partial charge in [0.05, 0.1) is 21.8 Å². The van der Waals surface area contributed by atoms with Gasteiger partial charge >= 0.3 is 0 Å². The third kappa shape index (κ3) is 5.84. The fourth-order valence-corrected chi connectivity index (χ4v) is 4.82. The molecular formula is C28H33N5O2S. The van der Waals surface area contributed by atoms with Gasteiger partial charge in [-0.05, 0) is 74.8 Å². The quantitative estimate of drug-likeness (QED) is 0.271. The number of likely N-dealkylation sites (N-methyl/N-ethyl adjacent to an activating group) is 1. The lowest BCUT2D eigenvalue weighted by Gasteiger charge is -2.32. The van der Waals surface area contributed by atoms with Crippen molar-refractivity contribution in [3.8, 4) is 0 Å². The van der Waals surface area contributed by atoms with Crippen molar-refractivity contribution in [2.24, 2.45) is 0 Å². The van der Waals surface area contributed by atoms with E-state index in [0.717, 1.165) is 52.2 Å². The Kier molecular flexibility index (Phi) is 8.20. The summed E-state index contributed by atoms with van der Waals surface area (Å²) in [4.78, 5) is 18.2. The number of H-pyrrole nitrogens is 1. The van der Waals surface area contributed by atoms with Crippen LogP contribution in [0, 0.1) is 6.92 Å². The molecule has 4 aromatic rings. The number of nitrogens with zero attached hydrogens (tertiary/aromatic N) is 3. The number of benzene rings is 2. The Morgan fingerprint density at radius 2 is 1.97 bits per heavy atom. The molecule has 1 unspecified atom stereocenters. The minimum Gasteiger partial charge on any atom is -0.362 e. The number of para-hydroxylation sites is 1. The van der Waals surface area contributed by atoms with Gasteiger partial charge in [0.15, 0.2) is 0 Å². The van der Waals surface area contributed by atoms with Crippen molar-refractivity contribution in [2.45, 2.75) is 20.1 Å². The lowest BCUT2D eigenvalue weighted by atomic mass is 10.1. The van der Waals surface area contributed by atoms with Gasteiger partial charge in [-0.3, -0.25) is 9.89 Å². The molecule has 0 saturated carbocycles. The molecule has 8 heteroatoms. The van der Waals surface area contributed by atoms with Crippen molar-refractivity contribution in [1.29, 1.82) is 0 Å². The maximum absolute atomic E-state index is 13.2.